The van der Waals surface area contributed by atoms with Gasteiger partial charge in [-0.2, -0.15) is 0 Å². The SMILES string of the molecule is C#CCNC(=O)c1cc(C)n(-c2cccc(C)c2)c1C. The minimum absolute atomic E-state index is 0.130. The van der Waals surface area contributed by atoms with Gasteiger partial charge in [0.2, 0.25) is 0 Å². The molecule has 1 N–H and O–H groups in total. The predicted molar refractivity (Wildman–Crippen MR) is 81.1 cm³/mol. The number of nitrogens with zero attached hydrogens (tertiary/aromatic N) is 1. The summed E-state index contributed by atoms with van der Waals surface area (Å²) >= 11 is 0. The third kappa shape index (κ3) is 2.60. The second-order valence-corrected chi connectivity index (χ2v) is 4.85. The van der Waals surface area contributed by atoms with Crippen LogP contribution in [0.15, 0.2) is 30.3 Å². The Labute approximate surface area is 119 Å². The first-order valence-corrected chi connectivity index (χ1v) is 6.52. The normalized spacial score (nSPS) is 10.1. The third-order valence-corrected chi connectivity index (χ3v) is 3.29. The number of carbonyl (C=O) groups excluding carboxylic acids is 1. The molecule has 102 valence electrons. The van der Waals surface area contributed by atoms with E-state index in [1.807, 2.05) is 32.0 Å². The van der Waals surface area contributed by atoms with Gasteiger partial charge in [-0.15, -0.1) is 6.42 Å². The van der Waals surface area contributed by atoms with Crippen LogP contribution in [-0.4, -0.2) is 17.0 Å². The van der Waals surface area contributed by atoms with Gasteiger partial charge in [0.1, 0.15) is 0 Å². The molecule has 0 radical (unpaired) electrons. The van der Waals surface area contributed by atoms with Crippen LogP contribution in [-0.2, 0) is 0 Å². The predicted octanol–water partition coefficient (Wildman–Crippen LogP) is 2.77. The third-order valence-electron chi connectivity index (χ3n) is 3.29. The van der Waals surface area contributed by atoms with E-state index in [4.69, 9.17) is 6.42 Å². The molecule has 2 aromatic rings. The molecule has 1 aromatic carbocycles. The molecule has 0 atom stereocenters. The zero-order valence-electron chi connectivity index (χ0n) is 12.0. The summed E-state index contributed by atoms with van der Waals surface area (Å²) < 4.78 is 2.08. The topological polar surface area (TPSA) is 34.0 Å². The maximum Gasteiger partial charge on any atom is 0.253 e. The van der Waals surface area contributed by atoms with E-state index in [0.717, 1.165) is 17.1 Å². The Hall–Kier alpha value is -2.47. The average Bonchev–Trinajstić information content (AvgIpc) is 2.71. The molecule has 0 saturated carbocycles. The van der Waals surface area contributed by atoms with E-state index in [1.165, 1.54) is 5.56 Å². The molecule has 1 heterocycles. The molecule has 0 saturated heterocycles. The highest BCUT2D eigenvalue weighted by molar-refractivity contribution is 5.96. The van der Waals surface area contributed by atoms with Gasteiger partial charge in [-0.1, -0.05) is 18.1 Å². The number of hydrogen-bond donors (Lipinski definition) is 1. The molecule has 1 aromatic heterocycles. The Balaban J connectivity index is 2.44. The van der Waals surface area contributed by atoms with Crippen LogP contribution in [0.2, 0.25) is 0 Å². The Morgan fingerprint density at radius 3 is 2.70 bits per heavy atom. The highest BCUT2D eigenvalue weighted by Gasteiger charge is 2.16. The minimum atomic E-state index is -0.130. The zero-order chi connectivity index (χ0) is 14.7. The Bertz CT molecular complexity index is 690. The van der Waals surface area contributed by atoms with Crippen molar-refractivity contribution in [2.75, 3.05) is 6.54 Å². The highest BCUT2D eigenvalue weighted by Crippen LogP contribution is 2.21. The van der Waals surface area contributed by atoms with E-state index < -0.39 is 0 Å². The van der Waals surface area contributed by atoms with Crippen molar-refractivity contribution in [3.8, 4) is 18.0 Å². The first kappa shape index (κ1) is 14.0. The molecule has 1 amide bonds. The number of aryl methyl sites for hydroxylation is 2. The molecule has 3 nitrogen and oxygen atoms in total. The molecule has 0 aliphatic heterocycles. The van der Waals surface area contributed by atoms with Crippen LogP contribution < -0.4 is 5.32 Å². The van der Waals surface area contributed by atoms with Gasteiger partial charge in [0.25, 0.3) is 5.91 Å². The van der Waals surface area contributed by atoms with Gasteiger partial charge in [-0.05, 0) is 44.5 Å². The lowest BCUT2D eigenvalue weighted by Crippen LogP contribution is -2.23. The van der Waals surface area contributed by atoms with E-state index in [9.17, 15) is 4.79 Å². The zero-order valence-corrected chi connectivity index (χ0v) is 12.0. The fourth-order valence-electron chi connectivity index (χ4n) is 2.38. The summed E-state index contributed by atoms with van der Waals surface area (Å²) in [5.41, 5.74) is 4.87. The second-order valence-electron chi connectivity index (χ2n) is 4.85. The first-order chi connectivity index (χ1) is 9.54. The van der Waals surface area contributed by atoms with Crippen LogP contribution >= 0.6 is 0 Å². The van der Waals surface area contributed by atoms with Crippen molar-refractivity contribution in [2.24, 2.45) is 0 Å². The fraction of sp³-hybridized carbons (Fsp3) is 0.235. The minimum Gasteiger partial charge on any atom is -0.341 e. The number of hydrogen-bond acceptors (Lipinski definition) is 1. The molecule has 0 bridgehead atoms. The van der Waals surface area contributed by atoms with Crippen LogP contribution in [0, 0.1) is 33.1 Å². The number of rotatable bonds is 3. The van der Waals surface area contributed by atoms with Crippen molar-refractivity contribution < 1.29 is 4.79 Å². The van der Waals surface area contributed by atoms with E-state index in [2.05, 4.69) is 34.9 Å². The standard InChI is InChI=1S/C17H18N2O/c1-5-9-18-17(20)16-11-13(3)19(14(16)4)15-8-6-7-12(2)10-15/h1,6-8,10-11H,9H2,2-4H3,(H,18,20). The van der Waals surface area contributed by atoms with Gasteiger partial charge in [0.15, 0.2) is 0 Å². The summed E-state index contributed by atoms with van der Waals surface area (Å²) in [5, 5.41) is 2.70. The van der Waals surface area contributed by atoms with Crippen LogP contribution in [0.5, 0.6) is 0 Å². The van der Waals surface area contributed by atoms with E-state index in [1.54, 1.807) is 0 Å². The number of terminal acetylenes is 1. The first-order valence-electron chi connectivity index (χ1n) is 6.52. The molecule has 0 unspecified atom stereocenters. The molecule has 2 rings (SSSR count). The summed E-state index contributed by atoms with van der Waals surface area (Å²) in [6.45, 7) is 6.23. The van der Waals surface area contributed by atoms with Crippen LogP contribution in [0.4, 0.5) is 0 Å². The quantitative estimate of drug-likeness (QED) is 0.852. The monoisotopic (exact) mass is 266 g/mol. The lowest BCUT2D eigenvalue weighted by Gasteiger charge is -2.10. The summed E-state index contributed by atoms with van der Waals surface area (Å²) in [5.74, 6) is 2.28. The maximum atomic E-state index is 12.1. The molecule has 3 heteroatoms. The van der Waals surface area contributed by atoms with Crippen molar-refractivity contribution >= 4 is 5.91 Å². The summed E-state index contributed by atoms with van der Waals surface area (Å²) in [6.07, 6.45) is 5.17. The van der Waals surface area contributed by atoms with Crippen molar-refractivity contribution in [2.45, 2.75) is 20.8 Å². The van der Waals surface area contributed by atoms with Crippen molar-refractivity contribution in [1.82, 2.24) is 9.88 Å². The maximum absolute atomic E-state index is 12.1. The Kier molecular flexibility index (Phi) is 3.95. The van der Waals surface area contributed by atoms with Crippen LogP contribution in [0.3, 0.4) is 0 Å². The molecule has 0 aliphatic carbocycles. The van der Waals surface area contributed by atoms with E-state index >= 15 is 0 Å². The van der Waals surface area contributed by atoms with Crippen LogP contribution in [0.25, 0.3) is 5.69 Å². The van der Waals surface area contributed by atoms with Gasteiger partial charge < -0.3 is 9.88 Å². The van der Waals surface area contributed by atoms with Crippen LogP contribution in [0.1, 0.15) is 27.3 Å². The fourth-order valence-corrected chi connectivity index (χ4v) is 2.38. The van der Waals surface area contributed by atoms with Gasteiger partial charge in [-0.3, -0.25) is 4.79 Å². The average molecular weight is 266 g/mol. The van der Waals surface area contributed by atoms with Gasteiger partial charge >= 0.3 is 0 Å². The van der Waals surface area contributed by atoms with Crippen molar-refractivity contribution in [1.29, 1.82) is 0 Å². The number of aromatic nitrogens is 1. The molecule has 0 aliphatic rings. The Morgan fingerprint density at radius 1 is 1.30 bits per heavy atom. The Morgan fingerprint density at radius 2 is 2.05 bits per heavy atom. The molecule has 0 spiro atoms. The number of benzene rings is 1. The number of carbonyl (C=O) groups is 1. The van der Waals surface area contributed by atoms with E-state index in [-0.39, 0.29) is 12.5 Å². The number of amides is 1. The van der Waals surface area contributed by atoms with Gasteiger partial charge in [-0.25, -0.2) is 0 Å². The van der Waals surface area contributed by atoms with Gasteiger partial charge in [0, 0.05) is 17.1 Å². The summed E-state index contributed by atoms with van der Waals surface area (Å²) in [4.78, 5) is 12.1. The molecule has 0 fully saturated rings. The molecule has 20 heavy (non-hydrogen) atoms. The van der Waals surface area contributed by atoms with Crippen molar-refractivity contribution in [3.63, 3.8) is 0 Å². The molecular weight excluding hydrogens is 248 g/mol. The number of nitrogens with one attached hydrogen (secondary N) is 1. The molecular formula is C17H18N2O. The highest BCUT2D eigenvalue weighted by atomic mass is 16.1. The lowest BCUT2D eigenvalue weighted by molar-refractivity contribution is 0.0958. The smallest absolute Gasteiger partial charge is 0.253 e. The van der Waals surface area contributed by atoms with Crippen molar-refractivity contribution in [3.05, 3.63) is 52.8 Å². The van der Waals surface area contributed by atoms with Gasteiger partial charge in [0.05, 0.1) is 12.1 Å². The largest absolute Gasteiger partial charge is 0.341 e. The van der Waals surface area contributed by atoms with E-state index in [0.29, 0.717) is 5.56 Å². The lowest BCUT2D eigenvalue weighted by atomic mass is 10.2. The second kappa shape index (κ2) is 5.66. The summed E-state index contributed by atoms with van der Waals surface area (Å²) in [7, 11) is 0. The summed E-state index contributed by atoms with van der Waals surface area (Å²) in [6, 6.07) is 10.1.